The highest BCUT2D eigenvalue weighted by atomic mass is 79.9. The average molecular weight is 345 g/mol. The van der Waals surface area contributed by atoms with Gasteiger partial charge in [-0.25, -0.2) is 13.2 Å². The van der Waals surface area contributed by atoms with Crippen molar-refractivity contribution in [1.29, 1.82) is 0 Å². The third-order valence-electron chi connectivity index (χ3n) is 3.00. The van der Waals surface area contributed by atoms with Gasteiger partial charge in [0.05, 0.1) is 6.04 Å². The van der Waals surface area contributed by atoms with Crippen molar-refractivity contribution >= 4 is 15.9 Å². The summed E-state index contributed by atoms with van der Waals surface area (Å²) in [4.78, 5) is 0. The molecule has 0 aromatic heterocycles. The number of nitrogens with one attached hydrogen (secondary N) is 1. The summed E-state index contributed by atoms with van der Waals surface area (Å²) in [6, 6.07) is 7.18. The highest BCUT2D eigenvalue weighted by molar-refractivity contribution is 9.10. The van der Waals surface area contributed by atoms with Gasteiger partial charge in [-0.2, -0.15) is 0 Å². The molecule has 0 bridgehead atoms. The Morgan fingerprint density at radius 3 is 2.30 bits per heavy atom. The van der Waals surface area contributed by atoms with Gasteiger partial charge in [-0.15, -0.1) is 0 Å². The Kier molecular flexibility index (Phi) is 4.80. The fourth-order valence-electron chi connectivity index (χ4n) is 1.97. The second kappa shape index (κ2) is 6.39. The summed E-state index contributed by atoms with van der Waals surface area (Å²) in [5.41, 5.74) is 2.51. The van der Waals surface area contributed by atoms with Crippen molar-refractivity contribution in [1.82, 2.24) is 5.43 Å². The largest absolute Gasteiger partial charge is 0.271 e. The molecule has 6 heteroatoms. The van der Waals surface area contributed by atoms with Crippen molar-refractivity contribution in [2.24, 2.45) is 5.84 Å². The van der Waals surface area contributed by atoms with Crippen molar-refractivity contribution in [3.05, 3.63) is 69.4 Å². The maximum atomic E-state index is 13.8. The first kappa shape index (κ1) is 15.0. The van der Waals surface area contributed by atoms with Gasteiger partial charge in [0.1, 0.15) is 17.5 Å². The van der Waals surface area contributed by atoms with Crippen molar-refractivity contribution < 1.29 is 13.2 Å². The van der Waals surface area contributed by atoms with E-state index in [-0.39, 0.29) is 17.5 Å². The molecule has 0 spiro atoms. The lowest BCUT2D eigenvalue weighted by Crippen LogP contribution is -2.30. The summed E-state index contributed by atoms with van der Waals surface area (Å²) in [7, 11) is 0. The molecule has 0 aliphatic carbocycles. The van der Waals surface area contributed by atoms with E-state index in [1.807, 2.05) is 0 Å². The van der Waals surface area contributed by atoms with E-state index in [9.17, 15) is 13.2 Å². The molecule has 0 heterocycles. The van der Waals surface area contributed by atoms with Crippen LogP contribution in [0.5, 0.6) is 0 Å². The number of hydrazine groups is 1. The van der Waals surface area contributed by atoms with Crippen molar-refractivity contribution in [3.8, 4) is 0 Å². The first-order valence-corrected chi connectivity index (χ1v) is 6.66. The Morgan fingerprint density at radius 2 is 1.70 bits per heavy atom. The minimum Gasteiger partial charge on any atom is -0.271 e. The molecular formula is C14H12BrF3N2. The lowest BCUT2D eigenvalue weighted by atomic mass is 9.98. The van der Waals surface area contributed by atoms with Crippen LogP contribution < -0.4 is 11.3 Å². The second-order valence-electron chi connectivity index (χ2n) is 4.29. The standard InChI is InChI=1S/C14H12BrF3N2/c15-8-4-5-13(18)10(6-8)14(20-19)7-9-11(16)2-1-3-12(9)17/h1-6,14,20H,7,19H2. The molecule has 0 saturated carbocycles. The molecule has 0 aliphatic rings. The van der Waals surface area contributed by atoms with E-state index in [1.165, 1.54) is 24.3 Å². The van der Waals surface area contributed by atoms with E-state index >= 15 is 0 Å². The smallest absolute Gasteiger partial charge is 0.129 e. The molecule has 3 N–H and O–H groups in total. The SMILES string of the molecule is NNC(Cc1c(F)cccc1F)c1cc(Br)ccc1F. The van der Waals surface area contributed by atoms with Gasteiger partial charge >= 0.3 is 0 Å². The van der Waals surface area contributed by atoms with Gasteiger partial charge in [0.15, 0.2) is 0 Å². The topological polar surface area (TPSA) is 38.0 Å². The highest BCUT2D eigenvalue weighted by Gasteiger charge is 2.19. The Bertz CT molecular complexity index is 599. The van der Waals surface area contributed by atoms with Crippen molar-refractivity contribution in [3.63, 3.8) is 0 Å². The monoisotopic (exact) mass is 344 g/mol. The number of rotatable bonds is 4. The zero-order valence-electron chi connectivity index (χ0n) is 10.3. The lowest BCUT2D eigenvalue weighted by Gasteiger charge is -2.18. The van der Waals surface area contributed by atoms with Gasteiger partial charge in [-0.1, -0.05) is 22.0 Å². The van der Waals surface area contributed by atoms with Crippen LogP contribution in [-0.4, -0.2) is 0 Å². The van der Waals surface area contributed by atoms with Gasteiger partial charge in [-0.3, -0.25) is 11.3 Å². The van der Waals surface area contributed by atoms with Gasteiger partial charge in [0.2, 0.25) is 0 Å². The van der Waals surface area contributed by atoms with Crippen LogP contribution in [-0.2, 0) is 6.42 Å². The molecule has 0 fully saturated rings. The van der Waals surface area contributed by atoms with Crippen LogP contribution in [0.2, 0.25) is 0 Å². The minimum absolute atomic E-state index is 0.0949. The van der Waals surface area contributed by atoms with Crippen molar-refractivity contribution in [2.45, 2.75) is 12.5 Å². The van der Waals surface area contributed by atoms with Gasteiger partial charge in [0.25, 0.3) is 0 Å². The first-order valence-electron chi connectivity index (χ1n) is 5.87. The number of hydrogen-bond acceptors (Lipinski definition) is 2. The Hall–Kier alpha value is -1.37. The Balaban J connectivity index is 2.36. The Labute approximate surface area is 122 Å². The van der Waals surface area contributed by atoms with Crippen LogP contribution in [0.1, 0.15) is 17.2 Å². The minimum atomic E-state index is -0.737. The molecule has 2 nitrogen and oxygen atoms in total. The van der Waals surface area contributed by atoms with Crippen molar-refractivity contribution in [2.75, 3.05) is 0 Å². The molecule has 2 rings (SSSR count). The summed E-state index contributed by atoms with van der Waals surface area (Å²) >= 11 is 3.22. The zero-order valence-corrected chi connectivity index (χ0v) is 11.9. The predicted octanol–water partition coefficient (Wildman–Crippen LogP) is 3.61. The summed E-state index contributed by atoms with van der Waals surface area (Å²) in [5.74, 6) is 3.54. The van der Waals surface area contributed by atoms with E-state index in [0.29, 0.717) is 4.47 Å². The summed E-state index contributed by atoms with van der Waals surface area (Å²) < 4.78 is 41.7. The summed E-state index contributed by atoms with van der Waals surface area (Å²) in [5, 5.41) is 0. The molecule has 2 aromatic rings. The van der Waals surface area contributed by atoms with E-state index < -0.39 is 23.5 Å². The maximum absolute atomic E-state index is 13.8. The van der Waals surface area contributed by atoms with E-state index in [4.69, 9.17) is 5.84 Å². The van der Waals surface area contributed by atoms with E-state index in [2.05, 4.69) is 21.4 Å². The van der Waals surface area contributed by atoms with Crippen LogP contribution in [0.4, 0.5) is 13.2 Å². The number of benzene rings is 2. The second-order valence-corrected chi connectivity index (χ2v) is 5.21. The fraction of sp³-hybridized carbons (Fsp3) is 0.143. The van der Waals surface area contributed by atoms with E-state index in [1.54, 1.807) is 0 Å². The molecule has 0 radical (unpaired) electrons. The van der Waals surface area contributed by atoms with Crippen LogP contribution in [0.3, 0.4) is 0 Å². The van der Waals surface area contributed by atoms with Crippen LogP contribution in [0.25, 0.3) is 0 Å². The summed E-state index contributed by atoms with van der Waals surface area (Å²) in [6.07, 6.45) is -0.0949. The fourth-order valence-corrected chi connectivity index (χ4v) is 2.35. The van der Waals surface area contributed by atoms with Crippen LogP contribution in [0.15, 0.2) is 40.9 Å². The molecule has 0 amide bonds. The van der Waals surface area contributed by atoms with Gasteiger partial charge in [0, 0.05) is 15.6 Å². The summed E-state index contributed by atoms with van der Waals surface area (Å²) in [6.45, 7) is 0. The molecule has 1 unspecified atom stereocenters. The molecule has 106 valence electrons. The zero-order chi connectivity index (χ0) is 14.7. The predicted molar refractivity (Wildman–Crippen MR) is 74.2 cm³/mol. The average Bonchev–Trinajstić information content (AvgIpc) is 2.42. The molecule has 20 heavy (non-hydrogen) atoms. The number of hydrogen-bond donors (Lipinski definition) is 2. The van der Waals surface area contributed by atoms with Crippen LogP contribution >= 0.6 is 15.9 Å². The normalized spacial score (nSPS) is 12.4. The number of halogens is 4. The first-order chi connectivity index (χ1) is 9.52. The van der Waals surface area contributed by atoms with E-state index in [0.717, 1.165) is 12.1 Å². The number of nitrogens with two attached hydrogens (primary N) is 1. The third-order valence-corrected chi connectivity index (χ3v) is 3.50. The highest BCUT2D eigenvalue weighted by Crippen LogP contribution is 2.26. The maximum Gasteiger partial charge on any atom is 0.129 e. The quantitative estimate of drug-likeness (QED) is 0.656. The Morgan fingerprint density at radius 1 is 1.05 bits per heavy atom. The van der Waals surface area contributed by atoms with Gasteiger partial charge < -0.3 is 0 Å². The molecular weight excluding hydrogens is 333 g/mol. The third kappa shape index (κ3) is 3.20. The van der Waals surface area contributed by atoms with Crippen LogP contribution in [0, 0.1) is 17.5 Å². The lowest BCUT2D eigenvalue weighted by molar-refractivity contribution is 0.480. The molecule has 1 atom stereocenters. The molecule has 2 aromatic carbocycles. The van der Waals surface area contributed by atoms with Gasteiger partial charge in [-0.05, 0) is 36.8 Å². The molecule has 0 aliphatic heterocycles. The molecule has 0 saturated heterocycles.